The van der Waals surface area contributed by atoms with E-state index >= 15 is 0 Å². The van der Waals surface area contributed by atoms with E-state index in [0.29, 0.717) is 17.0 Å². The first-order valence-electron chi connectivity index (χ1n) is 4.91. The quantitative estimate of drug-likeness (QED) is 0.779. The number of hydrogen-bond acceptors (Lipinski definition) is 4. The van der Waals surface area contributed by atoms with Gasteiger partial charge in [-0.25, -0.2) is 4.68 Å². The van der Waals surface area contributed by atoms with Crippen molar-refractivity contribution < 1.29 is 9.53 Å². The van der Waals surface area contributed by atoms with E-state index in [1.54, 1.807) is 30.0 Å². The van der Waals surface area contributed by atoms with E-state index in [-0.39, 0.29) is 12.3 Å². The molecular weight excluding hydrogens is 242 g/mol. The third-order valence-electron chi connectivity index (χ3n) is 2.24. The lowest BCUT2D eigenvalue weighted by atomic mass is 10.3. The van der Waals surface area contributed by atoms with Crippen LogP contribution in [0.3, 0.4) is 0 Å². The number of methoxy groups -OCH3 is 1. The molecule has 0 N–H and O–H groups in total. The van der Waals surface area contributed by atoms with Crippen molar-refractivity contribution in [1.29, 1.82) is 0 Å². The molecule has 0 bridgehead atoms. The number of rotatable bonds is 4. The predicted molar refractivity (Wildman–Crippen MR) is 62.5 cm³/mol. The molecule has 1 aromatic heterocycles. The van der Waals surface area contributed by atoms with Crippen LogP contribution in [0.2, 0.25) is 5.02 Å². The summed E-state index contributed by atoms with van der Waals surface area (Å²) < 4.78 is 6.57. The minimum absolute atomic E-state index is 0.258. The van der Waals surface area contributed by atoms with Crippen LogP contribution in [0.5, 0.6) is 0 Å². The second-order valence-corrected chi connectivity index (χ2v) is 3.80. The molecule has 0 aliphatic rings. The van der Waals surface area contributed by atoms with Crippen LogP contribution in [0, 0.1) is 0 Å². The van der Waals surface area contributed by atoms with Gasteiger partial charge in [-0.15, -0.1) is 5.10 Å². The largest absolute Gasteiger partial charge is 0.378 e. The van der Waals surface area contributed by atoms with Crippen LogP contribution in [0.15, 0.2) is 24.3 Å². The lowest BCUT2D eigenvalue weighted by Gasteiger charge is -2.05. The third kappa shape index (κ3) is 2.35. The number of carbonyl (C=O) groups excluding carboxylic acids is 1. The number of benzene rings is 1. The molecule has 0 unspecified atom stereocenters. The van der Waals surface area contributed by atoms with Crippen LogP contribution in [0.25, 0.3) is 5.69 Å². The van der Waals surface area contributed by atoms with Crippen LogP contribution < -0.4 is 0 Å². The van der Waals surface area contributed by atoms with E-state index in [1.165, 1.54) is 0 Å². The van der Waals surface area contributed by atoms with Gasteiger partial charge in [0.2, 0.25) is 0 Å². The molecule has 2 aromatic rings. The van der Waals surface area contributed by atoms with Crippen molar-refractivity contribution in [2.75, 3.05) is 7.11 Å². The molecule has 5 nitrogen and oxygen atoms in total. The van der Waals surface area contributed by atoms with Crippen molar-refractivity contribution in [3.63, 3.8) is 0 Å². The first kappa shape index (κ1) is 11.8. The van der Waals surface area contributed by atoms with Crippen LogP contribution in [0.1, 0.15) is 16.2 Å². The van der Waals surface area contributed by atoms with E-state index in [9.17, 15) is 4.79 Å². The minimum atomic E-state index is 0.258. The highest BCUT2D eigenvalue weighted by Crippen LogP contribution is 2.17. The number of ether oxygens (including phenoxy) is 1. The van der Waals surface area contributed by atoms with Gasteiger partial charge in [-0.1, -0.05) is 22.9 Å². The molecule has 0 spiro atoms. The summed E-state index contributed by atoms with van der Waals surface area (Å²) in [6.07, 6.45) is 0.655. The standard InChI is InChI=1S/C11H10ClN3O2/c1-17-7-11-10(6-16)13-14-15(11)9-4-2-3-8(12)5-9/h2-6H,7H2,1H3. The molecule has 0 saturated carbocycles. The molecule has 88 valence electrons. The summed E-state index contributed by atoms with van der Waals surface area (Å²) in [5, 5.41) is 8.29. The highest BCUT2D eigenvalue weighted by molar-refractivity contribution is 6.30. The van der Waals surface area contributed by atoms with Crippen molar-refractivity contribution in [2.24, 2.45) is 0 Å². The minimum Gasteiger partial charge on any atom is -0.378 e. The molecule has 17 heavy (non-hydrogen) atoms. The SMILES string of the molecule is COCc1c(C=O)nnn1-c1cccc(Cl)c1. The Morgan fingerprint density at radius 3 is 3.00 bits per heavy atom. The Labute approximate surface area is 103 Å². The van der Waals surface area contributed by atoms with Gasteiger partial charge in [-0.2, -0.15) is 0 Å². The van der Waals surface area contributed by atoms with Crippen molar-refractivity contribution >= 4 is 17.9 Å². The summed E-state index contributed by atoms with van der Waals surface area (Å²) in [4.78, 5) is 10.8. The third-order valence-corrected chi connectivity index (χ3v) is 2.47. The first-order chi connectivity index (χ1) is 8.26. The molecule has 0 fully saturated rings. The maximum Gasteiger partial charge on any atom is 0.172 e. The molecule has 0 saturated heterocycles. The maximum atomic E-state index is 10.8. The maximum absolute atomic E-state index is 10.8. The second-order valence-electron chi connectivity index (χ2n) is 3.36. The van der Waals surface area contributed by atoms with Gasteiger partial charge >= 0.3 is 0 Å². The van der Waals surface area contributed by atoms with Gasteiger partial charge in [0.05, 0.1) is 12.3 Å². The Bertz CT molecular complexity index is 539. The predicted octanol–water partition coefficient (Wildman–Crippen LogP) is 1.88. The highest BCUT2D eigenvalue weighted by Gasteiger charge is 2.13. The second kappa shape index (κ2) is 5.07. The Balaban J connectivity index is 2.51. The monoisotopic (exact) mass is 251 g/mol. The van der Waals surface area contributed by atoms with Gasteiger partial charge in [-0.3, -0.25) is 4.79 Å². The van der Waals surface area contributed by atoms with Crippen molar-refractivity contribution in [3.8, 4) is 5.69 Å². The number of hydrogen-bond donors (Lipinski definition) is 0. The normalized spacial score (nSPS) is 10.5. The van der Waals surface area contributed by atoms with Gasteiger partial charge < -0.3 is 4.74 Å². The Morgan fingerprint density at radius 1 is 1.53 bits per heavy atom. The fourth-order valence-electron chi connectivity index (χ4n) is 1.49. The molecule has 0 atom stereocenters. The molecule has 1 heterocycles. The molecule has 6 heteroatoms. The molecule has 0 radical (unpaired) electrons. The fourth-order valence-corrected chi connectivity index (χ4v) is 1.68. The summed E-state index contributed by atoms with van der Waals surface area (Å²) >= 11 is 5.90. The van der Waals surface area contributed by atoms with Crippen LogP contribution >= 0.6 is 11.6 Å². The van der Waals surface area contributed by atoms with Gasteiger partial charge in [0.25, 0.3) is 0 Å². The summed E-state index contributed by atoms with van der Waals surface area (Å²) in [6, 6.07) is 7.13. The van der Waals surface area contributed by atoms with Gasteiger partial charge in [0.1, 0.15) is 5.69 Å². The fraction of sp³-hybridized carbons (Fsp3) is 0.182. The molecular formula is C11H10ClN3O2. The zero-order valence-electron chi connectivity index (χ0n) is 9.13. The lowest BCUT2D eigenvalue weighted by molar-refractivity contribution is 0.111. The lowest BCUT2D eigenvalue weighted by Crippen LogP contribution is -2.04. The smallest absolute Gasteiger partial charge is 0.172 e. The molecule has 0 aliphatic heterocycles. The van der Waals surface area contributed by atoms with Crippen LogP contribution in [0.4, 0.5) is 0 Å². The van der Waals surface area contributed by atoms with E-state index in [1.807, 2.05) is 6.07 Å². The van der Waals surface area contributed by atoms with E-state index < -0.39 is 0 Å². The summed E-state index contributed by atoms with van der Waals surface area (Å²) in [5.74, 6) is 0. The Morgan fingerprint density at radius 2 is 2.35 bits per heavy atom. The molecule has 1 aromatic carbocycles. The van der Waals surface area contributed by atoms with E-state index in [2.05, 4.69) is 10.3 Å². The summed E-state index contributed by atoms with van der Waals surface area (Å²) in [7, 11) is 1.55. The number of halogens is 1. The van der Waals surface area contributed by atoms with Gasteiger partial charge in [-0.05, 0) is 18.2 Å². The van der Waals surface area contributed by atoms with Gasteiger partial charge in [0.15, 0.2) is 12.0 Å². The average molecular weight is 252 g/mol. The van der Waals surface area contributed by atoms with Crippen LogP contribution in [-0.2, 0) is 11.3 Å². The van der Waals surface area contributed by atoms with Gasteiger partial charge in [0, 0.05) is 12.1 Å². The van der Waals surface area contributed by atoms with Crippen molar-refractivity contribution in [2.45, 2.75) is 6.61 Å². The Hall–Kier alpha value is -1.72. The number of carbonyl (C=O) groups is 1. The zero-order chi connectivity index (χ0) is 12.3. The van der Waals surface area contributed by atoms with Crippen molar-refractivity contribution in [1.82, 2.24) is 15.0 Å². The highest BCUT2D eigenvalue weighted by atomic mass is 35.5. The molecule has 2 rings (SSSR count). The van der Waals surface area contributed by atoms with E-state index in [0.717, 1.165) is 5.69 Å². The molecule has 0 amide bonds. The number of nitrogens with zero attached hydrogens (tertiary/aromatic N) is 3. The summed E-state index contributed by atoms with van der Waals surface area (Å²) in [5.41, 5.74) is 1.61. The summed E-state index contributed by atoms with van der Waals surface area (Å²) in [6.45, 7) is 0.258. The molecule has 0 aliphatic carbocycles. The zero-order valence-corrected chi connectivity index (χ0v) is 9.89. The Kier molecular flexibility index (Phi) is 3.51. The first-order valence-corrected chi connectivity index (χ1v) is 5.28. The van der Waals surface area contributed by atoms with Crippen molar-refractivity contribution in [3.05, 3.63) is 40.7 Å². The number of aromatic nitrogens is 3. The van der Waals surface area contributed by atoms with Crippen LogP contribution in [-0.4, -0.2) is 28.4 Å². The topological polar surface area (TPSA) is 57.0 Å². The average Bonchev–Trinajstić information content (AvgIpc) is 2.72. The number of aldehydes is 1. The van der Waals surface area contributed by atoms with E-state index in [4.69, 9.17) is 16.3 Å².